The van der Waals surface area contributed by atoms with E-state index in [1.807, 2.05) is 0 Å². The SMILES string of the molecule is Cc1cc(Br)cc(C)c1NCCC1CCCC1. The molecule has 17 heavy (non-hydrogen) atoms. The van der Waals surface area contributed by atoms with Crippen LogP contribution >= 0.6 is 15.9 Å². The summed E-state index contributed by atoms with van der Waals surface area (Å²) in [5.74, 6) is 0.971. The van der Waals surface area contributed by atoms with Gasteiger partial charge >= 0.3 is 0 Å². The molecule has 0 saturated heterocycles. The third-order valence-corrected chi connectivity index (χ3v) is 4.28. The lowest BCUT2D eigenvalue weighted by Gasteiger charge is -2.15. The van der Waals surface area contributed by atoms with Crippen LogP contribution in [0.4, 0.5) is 5.69 Å². The normalized spacial score (nSPS) is 16.4. The van der Waals surface area contributed by atoms with Crippen LogP contribution in [0.3, 0.4) is 0 Å². The average molecular weight is 296 g/mol. The zero-order valence-corrected chi connectivity index (χ0v) is 12.4. The van der Waals surface area contributed by atoms with Crippen LogP contribution in [0.25, 0.3) is 0 Å². The van der Waals surface area contributed by atoms with Crippen molar-refractivity contribution in [3.63, 3.8) is 0 Å². The topological polar surface area (TPSA) is 12.0 Å². The molecule has 1 aromatic rings. The van der Waals surface area contributed by atoms with E-state index in [0.717, 1.165) is 12.5 Å². The summed E-state index contributed by atoms with van der Waals surface area (Å²) in [6.45, 7) is 5.47. The van der Waals surface area contributed by atoms with Crippen LogP contribution in [0.1, 0.15) is 43.2 Å². The summed E-state index contributed by atoms with van der Waals surface area (Å²) in [6, 6.07) is 4.37. The van der Waals surface area contributed by atoms with Crippen molar-refractivity contribution in [2.75, 3.05) is 11.9 Å². The van der Waals surface area contributed by atoms with Crippen LogP contribution in [-0.4, -0.2) is 6.54 Å². The standard InChI is InChI=1S/C15H22BrN/c1-11-9-14(16)10-12(2)15(11)17-8-7-13-5-3-4-6-13/h9-10,13,17H,3-8H2,1-2H3. The molecule has 1 N–H and O–H groups in total. The second-order valence-corrected chi connectivity index (χ2v) is 6.20. The first kappa shape index (κ1) is 12.9. The monoisotopic (exact) mass is 295 g/mol. The Morgan fingerprint density at radius 3 is 2.35 bits per heavy atom. The first-order valence-corrected chi connectivity index (χ1v) is 7.46. The van der Waals surface area contributed by atoms with E-state index in [4.69, 9.17) is 0 Å². The van der Waals surface area contributed by atoms with Gasteiger partial charge in [-0.2, -0.15) is 0 Å². The van der Waals surface area contributed by atoms with Gasteiger partial charge in [0.05, 0.1) is 0 Å². The fraction of sp³-hybridized carbons (Fsp3) is 0.600. The van der Waals surface area contributed by atoms with E-state index in [1.54, 1.807) is 0 Å². The predicted molar refractivity (Wildman–Crippen MR) is 78.7 cm³/mol. The Hall–Kier alpha value is -0.500. The predicted octanol–water partition coefficient (Wildman–Crippen LogP) is 5.06. The van der Waals surface area contributed by atoms with Gasteiger partial charge in [-0.25, -0.2) is 0 Å². The molecule has 0 radical (unpaired) electrons. The summed E-state index contributed by atoms with van der Waals surface area (Å²) in [6.07, 6.45) is 7.11. The maximum atomic E-state index is 3.61. The molecule has 0 atom stereocenters. The Labute approximate surface area is 113 Å². The number of hydrogen-bond acceptors (Lipinski definition) is 1. The summed E-state index contributed by atoms with van der Waals surface area (Å²) in [7, 11) is 0. The molecule has 0 heterocycles. The molecule has 2 rings (SSSR count). The van der Waals surface area contributed by atoms with Gasteiger partial charge in [-0.3, -0.25) is 0 Å². The lowest BCUT2D eigenvalue weighted by atomic mass is 10.0. The maximum absolute atomic E-state index is 3.61. The van der Waals surface area contributed by atoms with E-state index in [0.29, 0.717) is 0 Å². The van der Waals surface area contributed by atoms with Crippen LogP contribution in [0.5, 0.6) is 0 Å². The van der Waals surface area contributed by atoms with Gasteiger partial charge in [0.1, 0.15) is 0 Å². The summed E-state index contributed by atoms with van der Waals surface area (Å²) < 4.78 is 1.17. The molecular formula is C15H22BrN. The largest absolute Gasteiger partial charge is 0.385 e. The molecule has 0 aliphatic heterocycles. The van der Waals surface area contributed by atoms with Crippen molar-refractivity contribution >= 4 is 21.6 Å². The molecule has 1 nitrogen and oxygen atoms in total. The van der Waals surface area contributed by atoms with E-state index in [-0.39, 0.29) is 0 Å². The fourth-order valence-corrected chi connectivity index (χ4v) is 3.58. The van der Waals surface area contributed by atoms with Crippen molar-refractivity contribution in [3.8, 4) is 0 Å². The smallest absolute Gasteiger partial charge is 0.0400 e. The molecule has 0 aromatic heterocycles. The third kappa shape index (κ3) is 3.48. The molecule has 1 aliphatic carbocycles. The Morgan fingerprint density at radius 2 is 1.76 bits per heavy atom. The van der Waals surface area contributed by atoms with E-state index in [9.17, 15) is 0 Å². The fourth-order valence-electron chi connectivity index (χ4n) is 2.89. The Morgan fingerprint density at radius 1 is 1.18 bits per heavy atom. The maximum Gasteiger partial charge on any atom is 0.0400 e. The molecule has 2 heteroatoms. The van der Waals surface area contributed by atoms with Crippen molar-refractivity contribution in [3.05, 3.63) is 27.7 Å². The molecule has 1 aromatic carbocycles. The highest BCUT2D eigenvalue weighted by molar-refractivity contribution is 9.10. The van der Waals surface area contributed by atoms with Crippen molar-refractivity contribution < 1.29 is 0 Å². The van der Waals surface area contributed by atoms with Crippen molar-refractivity contribution in [2.45, 2.75) is 46.0 Å². The number of halogens is 1. The summed E-state index contributed by atoms with van der Waals surface area (Å²) in [5, 5.41) is 3.61. The van der Waals surface area contributed by atoms with Crippen LogP contribution in [0, 0.1) is 19.8 Å². The first-order valence-electron chi connectivity index (χ1n) is 6.67. The highest BCUT2D eigenvalue weighted by Crippen LogP contribution is 2.29. The second kappa shape index (κ2) is 5.90. The Bertz CT molecular complexity index is 358. The molecular weight excluding hydrogens is 274 g/mol. The number of rotatable bonds is 4. The van der Waals surface area contributed by atoms with E-state index in [2.05, 4.69) is 47.2 Å². The number of nitrogens with one attached hydrogen (secondary N) is 1. The molecule has 0 spiro atoms. The zero-order chi connectivity index (χ0) is 12.3. The highest BCUT2D eigenvalue weighted by Gasteiger charge is 2.14. The molecule has 94 valence electrons. The van der Waals surface area contributed by atoms with E-state index >= 15 is 0 Å². The quantitative estimate of drug-likeness (QED) is 0.819. The lowest BCUT2D eigenvalue weighted by Crippen LogP contribution is -2.08. The minimum atomic E-state index is 0.971. The van der Waals surface area contributed by atoms with Gasteiger partial charge in [-0.05, 0) is 49.4 Å². The zero-order valence-electron chi connectivity index (χ0n) is 10.9. The molecule has 1 saturated carbocycles. The number of aryl methyl sites for hydroxylation is 2. The van der Waals surface area contributed by atoms with E-state index < -0.39 is 0 Å². The number of anilines is 1. The van der Waals surface area contributed by atoms with Crippen LogP contribution in [-0.2, 0) is 0 Å². The van der Waals surface area contributed by atoms with Gasteiger partial charge in [0.25, 0.3) is 0 Å². The molecule has 0 unspecified atom stereocenters. The molecule has 0 bridgehead atoms. The minimum Gasteiger partial charge on any atom is -0.385 e. The van der Waals surface area contributed by atoms with Gasteiger partial charge in [0.15, 0.2) is 0 Å². The molecule has 0 amide bonds. The second-order valence-electron chi connectivity index (χ2n) is 5.28. The lowest BCUT2D eigenvalue weighted by molar-refractivity contribution is 0.518. The molecule has 1 fully saturated rings. The van der Waals surface area contributed by atoms with Gasteiger partial charge in [0, 0.05) is 16.7 Å². The van der Waals surface area contributed by atoms with Gasteiger partial charge in [-0.1, -0.05) is 41.6 Å². The molecule has 1 aliphatic rings. The number of hydrogen-bond donors (Lipinski definition) is 1. The van der Waals surface area contributed by atoms with Gasteiger partial charge in [0.2, 0.25) is 0 Å². The van der Waals surface area contributed by atoms with Crippen molar-refractivity contribution in [1.29, 1.82) is 0 Å². The first-order chi connectivity index (χ1) is 8.16. The summed E-state index contributed by atoms with van der Waals surface area (Å²) in [4.78, 5) is 0. The van der Waals surface area contributed by atoms with Crippen LogP contribution in [0.2, 0.25) is 0 Å². The summed E-state index contributed by atoms with van der Waals surface area (Å²) in [5.41, 5.74) is 4.00. The average Bonchev–Trinajstić information content (AvgIpc) is 2.74. The van der Waals surface area contributed by atoms with Crippen molar-refractivity contribution in [2.24, 2.45) is 5.92 Å². The van der Waals surface area contributed by atoms with E-state index in [1.165, 1.54) is 53.4 Å². The van der Waals surface area contributed by atoms with Gasteiger partial charge < -0.3 is 5.32 Å². The summed E-state index contributed by atoms with van der Waals surface area (Å²) >= 11 is 3.54. The van der Waals surface area contributed by atoms with Crippen LogP contribution < -0.4 is 5.32 Å². The van der Waals surface area contributed by atoms with Crippen molar-refractivity contribution in [1.82, 2.24) is 0 Å². The van der Waals surface area contributed by atoms with Crippen LogP contribution in [0.15, 0.2) is 16.6 Å². The third-order valence-electron chi connectivity index (χ3n) is 3.83. The Balaban J connectivity index is 1.89. The number of benzene rings is 1. The minimum absolute atomic E-state index is 0.971. The Kier molecular flexibility index (Phi) is 4.49. The van der Waals surface area contributed by atoms with Gasteiger partial charge in [-0.15, -0.1) is 0 Å². The highest BCUT2D eigenvalue weighted by atomic mass is 79.9.